The van der Waals surface area contributed by atoms with Crippen LogP contribution in [0.4, 0.5) is 0 Å². The molecule has 1 unspecified atom stereocenters. The molecule has 1 aliphatic rings. The lowest BCUT2D eigenvalue weighted by Crippen LogP contribution is -2.50. The Labute approximate surface area is 118 Å². The molecular formula is C15H31N3O. The van der Waals surface area contributed by atoms with Crippen molar-refractivity contribution < 1.29 is 4.79 Å². The van der Waals surface area contributed by atoms with Crippen LogP contribution in [0.3, 0.4) is 0 Å². The van der Waals surface area contributed by atoms with Gasteiger partial charge in [-0.05, 0) is 38.8 Å². The zero-order valence-electron chi connectivity index (χ0n) is 13.0. The first kappa shape index (κ1) is 16.4. The summed E-state index contributed by atoms with van der Waals surface area (Å²) in [7, 11) is 2.00. The summed E-state index contributed by atoms with van der Waals surface area (Å²) < 4.78 is 0. The highest BCUT2D eigenvalue weighted by atomic mass is 16.2. The Morgan fingerprint density at radius 2 is 1.95 bits per heavy atom. The molecule has 4 nitrogen and oxygen atoms in total. The fraction of sp³-hybridized carbons (Fsp3) is 0.933. The topological polar surface area (TPSA) is 58.4 Å². The fourth-order valence-corrected chi connectivity index (χ4v) is 2.65. The van der Waals surface area contributed by atoms with Crippen molar-refractivity contribution in [3.8, 4) is 0 Å². The molecule has 0 aromatic heterocycles. The van der Waals surface area contributed by atoms with E-state index in [4.69, 9.17) is 5.73 Å². The van der Waals surface area contributed by atoms with Gasteiger partial charge in [0.2, 0.25) is 5.91 Å². The molecule has 112 valence electrons. The zero-order chi connectivity index (χ0) is 14.5. The van der Waals surface area contributed by atoms with Gasteiger partial charge in [0.05, 0.1) is 6.04 Å². The first-order valence-electron chi connectivity index (χ1n) is 7.56. The van der Waals surface area contributed by atoms with Gasteiger partial charge >= 0.3 is 0 Å². The number of likely N-dealkylation sites (N-methyl/N-ethyl adjacent to an activating group) is 1. The average Bonchev–Trinajstić information content (AvgIpc) is 2.38. The van der Waals surface area contributed by atoms with Crippen LogP contribution in [0.15, 0.2) is 0 Å². The monoisotopic (exact) mass is 269 g/mol. The third-order valence-electron chi connectivity index (χ3n) is 4.22. The van der Waals surface area contributed by atoms with Gasteiger partial charge in [0.15, 0.2) is 0 Å². The van der Waals surface area contributed by atoms with Gasteiger partial charge in [-0.2, -0.15) is 0 Å². The van der Waals surface area contributed by atoms with Gasteiger partial charge in [0.1, 0.15) is 0 Å². The zero-order valence-corrected chi connectivity index (χ0v) is 13.0. The van der Waals surface area contributed by atoms with Crippen LogP contribution in [0, 0.1) is 5.41 Å². The van der Waals surface area contributed by atoms with Crippen molar-refractivity contribution in [3.63, 3.8) is 0 Å². The Balaban J connectivity index is 2.42. The SMILES string of the molecule is CC(C(=O)NC1CCCCC1)N(C)CC(C)(C)CN. The van der Waals surface area contributed by atoms with E-state index in [0.717, 1.165) is 19.4 Å². The minimum atomic E-state index is -0.0900. The Morgan fingerprint density at radius 1 is 1.37 bits per heavy atom. The lowest BCUT2D eigenvalue weighted by molar-refractivity contribution is -0.126. The standard InChI is InChI=1S/C15H31N3O/c1-12(18(4)11-15(2,3)10-16)14(19)17-13-8-6-5-7-9-13/h12-13H,5-11,16H2,1-4H3,(H,17,19). The minimum Gasteiger partial charge on any atom is -0.352 e. The number of nitrogens with one attached hydrogen (secondary N) is 1. The second-order valence-electron chi connectivity index (χ2n) is 6.80. The predicted octanol–water partition coefficient (Wildman–Crippen LogP) is 1.74. The molecule has 1 rings (SSSR count). The van der Waals surface area contributed by atoms with E-state index in [1.165, 1.54) is 19.3 Å². The maximum Gasteiger partial charge on any atom is 0.237 e. The molecule has 0 heterocycles. The maximum atomic E-state index is 12.2. The Hall–Kier alpha value is -0.610. The van der Waals surface area contributed by atoms with E-state index in [2.05, 4.69) is 24.1 Å². The number of nitrogens with zero attached hydrogens (tertiary/aromatic N) is 1. The van der Waals surface area contributed by atoms with Crippen molar-refractivity contribution in [2.45, 2.75) is 65.0 Å². The molecule has 1 aliphatic carbocycles. The van der Waals surface area contributed by atoms with Gasteiger partial charge in [-0.1, -0.05) is 33.1 Å². The molecule has 0 aromatic rings. The Kier molecular flexibility index (Phi) is 6.27. The summed E-state index contributed by atoms with van der Waals surface area (Å²) in [6.45, 7) is 7.71. The van der Waals surface area contributed by atoms with Crippen LogP contribution < -0.4 is 11.1 Å². The number of hydrogen-bond donors (Lipinski definition) is 2. The molecule has 1 amide bonds. The molecule has 1 saturated carbocycles. The molecule has 0 aliphatic heterocycles. The van der Waals surface area contributed by atoms with Crippen LogP contribution in [0.1, 0.15) is 52.9 Å². The average molecular weight is 269 g/mol. The molecule has 1 fully saturated rings. The van der Waals surface area contributed by atoms with Gasteiger partial charge in [-0.15, -0.1) is 0 Å². The van der Waals surface area contributed by atoms with Crippen LogP contribution in [0.5, 0.6) is 0 Å². The Morgan fingerprint density at radius 3 is 2.47 bits per heavy atom. The van der Waals surface area contributed by atoms with E-state index in [9.17, 15) is 4.79 Å². The summed E-state index contributed by atoms with van der Waals surface area (Å²) in [6, 6.07) is 0.298. The fourth-order valence-electron chi connectivity index (χ4n) is 2.65. The predicted molar refractivity (Wildman–Crippen MR) is 79.9 cm³/mol. The van der Waals surface area contributed by atoms with E-state index in [0.29, 0.717) is 12.6 Å². The smallest absolute Gasteiger partial charge is 0.237 e. The highest BCUT2D eigenvalue weighted by molar-refractivity contribution is 5.81. The summed E-state index contributed by atoms with van der Waals surface area (Å²) >= 11 is 0. The number of carbonyl (C=O) groups excluding carboxylic acids is 1. The number of nitrogens with two attached hydrogens (primary N) is 1. The number of amides is 1. The van der Waals surface area contributed by atoms with Crippen molar-refractivity contribution in [1.82, 2.24) is 10.2 Å². The number of hydrogen-bond acceptors (Lipinski definition) is 3. The quantitative estimate of drug-likeness (QED) is 0.772. The highest BCUT2D eigenvalue weighted by Crippen LogP contribution is 2.18. The summed E-state index contributed by atoms with van der Waals surface area (Å²) in [5, 5.41) is 3.19. The highest BCUT2D eigenvalue weighted by Gasteiger charge is 2.26. The van der Waals surface area contributed by atoms with E-state index < -0.39 is 0 Å². The van der Waals surface area contributed by atoms with Crippen molar-refractivity contribution in [1.29, 1.82) is 0 Å². The number of carbonyl (C=O) groups is 1. The van der Waals surface area contributed by atoms with E-state index in [1.807, 2.05) is 14.0 Å². The third-order valence-corrected chi connectivity index (χ3v) is 4.22. The second-order valence-corrected chi connectivity index (χ2v) is 6.80. The summed E-state index contributed by atoms with van der Waals surface area (Å²) in [4.78, 5) is 14.3. The van der Waals surface area contributed by atoms with Crippen LogP contribution in [-0.2, 0) is 4.79 Å². The van der Waals surface area contributed by atoms with Gasteiger partial charge in [0, 0.05) is 12.6 Å². The molecule has 1 atom stereocenters. The van der Waals surface area contributed by atoms with E-state index in [1.54, 1.807) is 0 Å². The first-order chi connectivity index (χ1) is 8.85. The van der Waals surface area contributed by atoms with Crippen molar-refractivity contribution in [2.24, 2.45) is 11.1 Å². The summed E-state index contributed by atoms with van der Waals surface area (Å²) in [6.07, 6.45) is 6.07. The lowest BCUT2D eigenvalue weighted by atomic mass is 9.92. The van der Waals surface area contributed by atoms with Crippen molar-refractivity contribution in [2.75, 3.05) is 20.1 Å². The van der Waals surface area contributed by atoms with Gasteiger partial charge in [-0.3, -0.25) is 9.69 Å². The van der Waals surface area contributed by atoms with E-state index in [-0.39, 0.29) is 17.4 Å². The molecule has 0 saturated heterocycles. The molecule has 19 heavy (non-hydrogen) atoms. The molecule has 3 N–H and O–H groups in total. The maximum absolute atomic E-state index is 12.2. The van der Waals surface area contributed by atoms with Crippen LogP contribution in [0.25, 0.3) is 0 Å². The molecular weight excluding hydrogens is 238 g/mol. The second kappa shape index (κ2) is 7.25. The largest absolute Gasteiger partial charge is 0.352 e. The van der Waals surface area contributed by atoms with Crippen LogP contribution in [-0.4, -0.2) is 43.0 Å². The normalized spacial score (nSPS) is 19.5. The van der Waals surface area contributed by atoms with Crippen molar-refractivity contribution >= 4 is 5.91 Å². The number of rotatable bonds is 6. The minimum absolute atomic E-state index is 0.0497. The van der Waals surface area contributed by atoms with Crippen LogP contribution >= 0.6 is 0 Å². The molecule has 4 heteroatoms. The first-order valence-corrected chi connectivity index (χ1v) is 7.56. The summed E-state index contributed by atoms with van der Waals surface area (Å²) in [5.41, 5.74) is 5.80. The molecule has 0 bridgehead atoms. The van der Waals surface area contributed by atoms with Crippen molar-refractivity contribution in [3.05, 3.63) is 0 Å². The van der Waals surface area contributed by atoms with E-state index >= 15 is 0 Å². The third kappa shape index (κ3) is 5.49. The van der Waals surface area contributed by atoms with Crippen LogP contribution in [0.2, 0.25) is 0 Å². The summed E-state index contributed by atoms with van der Waals surface area (Å²) in [5.74, 6) is 0.155. The Bertz CT molecular complexity index is 285. The van der Waals surface area contributed by atoms with Gasteiger partial charge in [0.25, 0.3) is 0 Å². The van der Waals surface area contributed by atoms with Gasteiger partial charge < -0.3 is 11.1 Å². The molecule has 0 aromatic carbocycles. The molecule has 0 spiro atoms. The van der Waals surface area contributed by atoms with Gasteiger partial charge in [-0.25, -0.2) is 0 Å². The lowest BCUT2D eigenvalue weighted by Gasteiger charge is -2.33. The molecule has 0 radical (unpaired) electrons.